The average molecular weight is 671 g/mol. The molecule has 2 N–H and O–H groups in total. The molecule has 0 radical (unpaired) electrons. The summed E-state index contributed by atoms with van der Waals surface area (Å²) in [5.74, 6) is -2.50. The number of aromatic amines is 1. The van der Waals surface area contributed by atoms with Crippen molar-refractivity contribution in [1.29, 1.82) is 0 Å². The van der Waals surface area contributed by atoms with Gasteiger partial charge < -0.3 is 14.7 Å². The zero-order valence-electron chi connectivity index (χ0n) is 27.6. The number of para-hydroxylation sites is 1. The van der Waals surface area contributed by atoms with Crippen LogP contribution in [0.1, 0.15) is 54.9 Å². The van der Waals surface area contributed by atoms with E-state index in [9.17, 15) is 0 Å². The van der Waals surface area contributed by atoms with E-state index in [0.29, 0.717) is 12.3 Å². The van der Waals surface area contributed by atoms with E-state index in [-0.39, 0.29) is 11.1 Å². The lowest BCUT2D eigenvalue weighted by atomic mass is 9.92. The van der Waals surface area contributed by atoms with Crippen LogP contribution in [-0.2, 0) is 17.3 Å². The molecule has 2 aliphatic heterocycles. The molecular formula is C38H44F2N4OSSi. The molecule has 0 bridgehead atoms. The predicted octanol–water partition coefficient (Wildman–Crippen LogP) is 6.93. The number of alkyl halides is 2. The average Bonchev–Trinajstić information content (AvgIpc) is 3.64. The van der Waals surface area contributed by atoms with Crippen LogP contribution in [0.3, 0.4) is 0 Å². The van der Waals surface area contributed by atoms with Gasteiger partial charge >= 0.3 is 0 Å². The van der Waals surface area contributed by atoms with Crippen LogP contribution in [0.25, 0.3) is 10.9 Å². The number of rotatable bonds is 10. The van der Waals surface area contributed by atoms with Crippen LogP contribution in [0.4, 0.5) is 8.78 Å². The maximum Gasteiger partial charge on any atom is 0.282 e. The van der Waals surface area contributed by atoms with E-state index in [4.69, 9.17) is 9.41 Å². The van der Waals surface area contributed by atoms with E-state index in [1.807, 2.05) is 83.9 Å². The van der Waals surface area contributed by atoms with Crippen LogP contribution < -0.4 is 15.7 Å². The van der Waals surface area contributed by atoms with E-state index in [1.165, 1.54) is 10.4 Å². The van der Waals surface area contributed by atoms with Crippen molar-refractivity contribution < 1.29 is 13.2 Å². The van der Waals surface area contributed by atoms with Gasteiger partial charge in [0.2, 0.25) is 0 Å². The molecule has 1 saturated heterocycles. The fourth-order valence-corrected chi connectivity index (χ4v) is 13.4. The maximum absolute atomic E-state index is 16.7. The number of H-pyrrole nitrogens is 1. The second-order valence-electron chi connectivity index (χ2n) is 14.4. The Kier molecular flexibility index (Phi) is 8.72. The van der Waals surface area contributed by atoms with Crippen molar-refractivity contribution in [3.05, 3.63) is 112 Å². The van der Waals surface area contributed by atoms with Crippen molar-refractivity contribution >= 4 is 40.9 Å². The van der Waals surface area contributed by atoms with Gasteiger partial charge in [-0.25, -0.2) is 13.8 Å². The number of hydrogen-bond acceptors (Lipinski definition) is 5. The number of halogens is 2. The van der Waals surface area contributed by atoms with Crippen molar-refractivity contribution in [3.63, 3.8) is 0 Å². The topological polar surface area (TPSA) is 53.2 Å². The number of thiazole rings is 1. The molecule has 2 aliphatic rings. The van der Waals surface area contributed by atoms with Gasteiger partial charge in [0.15, 0.2) is 0 Å². The highest BCUT2D eigenvalue weighted by atomic mass is 32.1. The second-order valence-corrected chi connectivity index (χ2v) is 19.8. The zero-order chi connectivity index (χ0) is 32.8. The van der Waals surface area contributed by atoms with Crippen molar-refractivity contribution in [1.82, 2.24) is 20.2 Å². The number of aromatic nitrogens is 2. The summed E-state index contributed by atoms with van der Waals surface area (Å²) in [5.41, 5.74) is 3.23. The molecule has 2 atom stereocenters. The fourth-order valence-electron chi connectivity index (χ4n) is 7.63. The van der Waals surface area contributed by atoms with Gasteiger partial charge in [0.25, 0.3) is 14.2 Å². The first-order chi connectivity index (χ1) is 22.6. The summed E-state index contributed by atoms with van der Waals surface area (Å²) in [6.45, 7) is 9.39. The molecule has 0 spiro atoms. The van der Waals surface area contributed by atoms with Crippen molar-refractivity contribution in [2.45, 2.75) is 63.6 Å². The summed E-state index contributed by atoms with van der Waals surface area (Å²) in [7, 11) is -3.13. The predicted molar refractivity (Wildman–Crippen MR) is 191 cm³/mol. The molecular weight excluding hydrogens is 627 g/mol. The minimum atomic E-state index is -3.13. The Morgan fingerprint density at radius 1 is 0.936 bits per heavy atom. The molecule has 0 aliphatic carbocycles. The first-order valence-electron chi connectivity index (χ1n) is 16.7. The van der Waals surface area contributed by atoms with Crippen molar-refractivity contribution in [2.24, 2.45) is 5.92 Å². The summed E-state index contributed by atoms with van der Waals surface area (Å²) < 4.78 is 40.1. The number of benzene rings is 3. The number of hydrogen-bond donors (Lipinski definition) is 2. The van der Waals surface area contributed by atoms with Gasteiger partial charge in [-0.15, -0.1) is 11.3 Å². The van der Waals surface area contributed by atoms with Gasteiger partial charge in [0.05, 0.1) is 13.2 Å². The Morgan fingerprint density at radius 3 is 2.19 bits per heavy atom. The van der Waals surface area contributed by atoms with Crippen molar-refractivity contribution in [2.75, 3.05) is 26.2 Å². The van der Waals surface area contributed by atoms with E-state index < -0.39 is 33.4 Å². The Bertz CT molecular complexity index is 1780. The molecule has 246 valence electrons. The molecule has 9 heteroatoms. The maximum atomic E-state index is 16.7. The van der Waals surface area contributed by atoms with E-state index in [1.54, 1.807) is 11.3 Å². The molecule has 0 saturated carbocycles. The second kappa shape index (κ2) is 12.7. The lowest BCUT2D eigenvalue weighted by molar-refractivity contribution is -0.0820. The molecule has 5 aromatic rings. The van der Waals surface area contributed by atoms with E-state index in [2.05, 4.69) is 50.1 Å². The molecule has 2 aromatic heterocycles. The van der Waals surface area contributed by atoms with Crippen molar-refractivity contribution in [3.8, 4) is 0 Å². The third-order valence-corrected chi connectivity index (χ3v) is 16.1. The lowest BCUT2D eigenvalue weighted by Gasteiger charge is -2.45. The largest absolute Gasteiger partial charge is 0.401 e. The molecule has 0 unspecified atom stereocenters. The minimum Gasteiger partial charge on any atom is -0.401 e. The van der Waals surface area contributed by atoms with Gasteiger partial charge in [-0.1, -0.05) is 99.6 Å². The smallest absolute Gasteiger partial charge is 0.282 e. The zero-order valence-corrected chi connectivity index (χ0v) is 29.4. The number of nitrogens with one attached hydrogen (secondary N) is 2. The van der Waals surface area contributed by atoms with Crippen LogP contribution in [0.5, 0.6) is 0 Å². The molecule has 0 amide bonds. The minimum absolute atomic E-state index is 0.117. The number of nitrogens with zero attached hydrogens (tertiary/aromatic N) is 2. The van der Waals surface area contributed by atoms with Crippen LogP contribution in [0.2, 0.25) is 5.04 Å². The molecule has 3 aromatic carbocycles. The molecule has 7 rings (SSSR count). The third kappa shape index (κ3) is 6.13. The Hall–Kier alpha value is -3.21. The van der Waals surface area contributed by atoms with Crippen LogP contribution in [-0.4, -0.2) is 61.4 Å². The Balaban J connectivity index is 1.23. The van der Waals surface area contributed by atoms with E-state index >= 15 is 8.78 Å². The Morgan fingerprint density at radius 2 is 1.57 bits per heavy atom. The number of fused-ring (bicyclic) bond motifs is 3. The summed E-state index contributed by atoms with van der Waals surface area (Å²) in [6, 6.07) is 27.8. The highest BCUT2D eigenvalue weighted by Crippen LogP contribution is 2.44. The quantitative estimate of drug-likeness (QED) is 0.158. The Labute approximate surface area is 281 Å². The van der Waals surface area contributed by atoms with Gasteiger partial charge in [-0.2, -0.15) is 0 Å². The monoisotopic (exact) mass is 670 g/mol. The van der Waals surface area contributed by atoms with Gasteiger partial charge in [0, 0.05) is 33.7 Å². The lowest BCUT2D eigenvalue weighted by Crippen LogP contribution is -2.67. The van der Waals surface area contributed by atoms with Gasteiger partial charge in [0.1, 0.15) is 11.0 Å². The summed E-state index contributed by atoms with van der Waals surface area (Å²) in [4.78, 5) is 11.7. The molecule has 4 heterocycles. The third-order valence-electron chi connectivity index (χ3n) is 10.0. The molecule has 5 nitrogen and oxygen atoms in total. The standard InChI is InChI=1S/C38H44F2N4OSSi/c1-26-19-32-31-17-11-12-18-33(31)43-34(32)35(36-42-23-28(46-36)20-27-21-41-22-27)44(26)24-38(39,40)25-45-47(37(2,3)4,29-13-7-5-8-14-29)30-15-9-6-10-16-30/h5-18,23,26-27,35,41,43H,19-22,24-25H2,1-4H3/t26-,35+/m1/s1. The first-order valence-corrected chi connectivity index (χ1v) is 19.4. The molecule has 47 heavy (non-hydrogen) atoms. The summed E-state index contributed by atoms with van der Waals surface area (Å²) in [6.07, 6.45) is 3.62. The van der Waals surface area contributed by atoms with Crippen LogP contribution >= 0.6 is 11.3 Å². The van der Waals surface area contributed by atoms with Crippen LogP contribution in [0, 0.1) is 5.92 Å². The fraction of sp³-hybridized carbons (Fsp3) is 0.395. The SMILES string of the molecule is C[C@@H]1Cc2c([nH]c3ccccc23)[C@@H](c2ncc(CC3CNC3)s2)N1CC(F)(F)CO[Si](c1ccccc1)(c1ccccc1)C(C)(C)C. The van der Waals surface area contributed by atoms with Gasteiger partial charge in [-0.3, -0.25) is 4.90 Å². The normalized spacial score (nSPS) is 19.5. The summed E-state index contributed by atoms with van der Waals surface area (Å²) >= 11 is 1.67. The highest BCUT2D eigenvalue weighted by molar-refractivity contribution is 7.11. The van der Waals surface area contributed by atoms with E-state index in [0.717, 1.165) is 51.5 Å². The van der Waals surface area contributed by atoms with Crippen LogP contribution in [0.15, 0.2) is 91.1 Å². The highest BCUT2D eigenvalue weighted by Gasteiger charge is 2.52. The first kappa shape index (κ1) is 32.3. The molecule has 1 fully saturated rings. The van der Waals surface area contributed by atoms with Gasteiger partial charge in [-0.05, 0) is 65.8 Å². The summed E-state index contributed by atoms with van der Waals surface area (Å²) in [5, 5.41) is 6.99.